The average Bonchev–Trinajstić information content (AvgIpc) is 2.37. The number of carbonyl (C=O) groups is 1. The average molecular weight is 233 g/mol. The lowest BCUT2D eigenvalue weighted by Crippen LogP contribution is -2.42. The van der Waals surface area contributed by atoms with Crippen molar-refractivity contribution in [1.82, 2.24) is 10.2 Å². The molecule has 2 amide bonds. The highest BCUT2D eigenvalue weighted by Gasteiger charge is 2.15. The summed E-state index contributed by atoms with van der Waals surface area (Å²) in [5.41, 5.74) is 7.45. The summed E-state index contributed by atoms with van der Waals surface area (Å²) in [5.74, 6) is 0. The van der Waals surface area contributed by atoms with E-state index in [-0.39, 0.29) is 6.03 Å². The summed E-state index contributed by atoms with van der Waals surface area (Å²) in [4.78, 5) is 13.7. The molecule has 92 valence electrons. The van der Waals surface area contributed by atoms with Crippen LogP contribution in [-0.4, -0.2) is 24.0 Å². The van der Waals surface area contributed by atoms with Gasteiger partial charge in [-0.1, -0.05) is 12.1 Å². The molecule has 0 radical (unpaired) electrons. The number of rotatable bonds is 2. The van der Waals surface area contributed by atoms with Crippen LogP contribution in [0.2, 0.25) is 0 Å². The molecule has 0 spiro atoms. The number of piperidine rings is 1. The maximum absolute atomic E-state index is 11.8. The highest BCUT2D eigenvalue weighted by atomic mass is 16.2. The molecule has 0 bridgehead atoms. The normalized spacial score (nSPS) is 15.6. The van der Waals surface area contributed by atoms with E-state index < -0.39 is 0 Å². The fraction of sp³-hybridized carbons (Fsp3) is 0.462. The molecule has 4 heteroatoms. The Balaban J connectivity index is 1.83. The van der Waals surface area contributed by atoms with Gasteiger partial charge in [0.15, 0.2) is 0 Å². The summed E-state index contributed by atoms with van der Waals surface area (Å²) in [6.45, 7) is 2.30. The minimum absolute atomic E-state index is 0.0344. The Kier molecular flexibility index (Phi) is 3.85. The molecule has 2 rings (SSSR count). The number of hydrogen-bond acceptors (Lipinski definition) is 2. The van der Waals surface area contributed by atoms with Gasteiger partial charge in [0.25, 0.3) is 0 Å². The van der Waals surface area contributed by atoms with Crippen LogP contribution in [0.5, 0.6) is 0 Å². The first-order chi connectivity index (χ1) is 8.25. The Labute approximate surface area is 102 Å². The van der Waals surface area contributed by atoms with E-state index in [9.17, 15) is 4.79 Å². The van der Waals surface area contributed by atoms with Crippen LogP contribution in [-0.2, 0) is 6.54 Å². The number of hydrogen-bond donors (Lipinski definition) is 2. The number of likely N-dealkylation sites (tertiary alicyclic amines) is 1. The fourth-order valence-corrected chi connectivity index (χ4v) is 2.09. The quantitative estimate of drug-likeness (QED) is 0.767. The monoisotopic (exact) mass is 233 g/mol. The van der Waals surface area contributed by atoms with E-state index in [1.807, 2.05) is 29.2 Å². The summed E-state index contributed by atoms with van der Waals surface area (Å²) in [6.07, 6.45) is 3.47. The minimum Gasteiger partial charge on any atom is -0.399 e. The number of nitrogen functional groups attached to an aromatic ring is 1. The third-order valence-electron chi connectivity index (χ3n) is 3.04. The van der Waals surface area contributed by atoms with Crippen molar-refractivity contribution in [2.75, 3.05) is 18.8 Å². The second-order valence-electron chi connectivity index (χ2n) is 4.45. The van der Waals surface area contributed by atoms with E-state index in [1.165, 1.54) is 6.42 Å². The number of urea groups is 1. The number of nitrogens with one attached hydrogen (secondary N) is 1. The molecule has 1 aromatic rings. The van der Waals surface area contributed by atoms with Crippen LogP contribution in [0.15, 0.2) is 24.3 Å². The van der Waals surface area contributed by atoms with Crippen molar-refractivity contribution < 1.29 is 4.79 Å². The van der Waals surface area contributed by atoms with Gasteiger partial charge in [-0.15, -0.1) is 0 Å². The fourth-order valence-electron chi connectivity index (χ4n) is 2.09. The van der Waals surface area contributed by atoms with Gasteiger partial charge in [0.1, 0.15) is 0 Å². The van der Waals surface area contributed by atoms with Crippen LogP contribution < -0.4 is 11.1 Å². The van der Waals surface area contributed by atoms with Crippen LogP contribution in [0.3, 0.4) is 0 Å². The van der Waals surface area contributed by atoms with Crippen molar-refractivity contribution in [2.45, 2.75) is 25.8 Å². The first-order valence-corrected chi connectivity index (χ1v) is 6.13. The van der Waals surface area contributed by atoms with Crippen molar-refractivity contribution in [1.29, 1.82) is 0 Å². The molecule has 17 heavy (non-hydrogen) atoms. The van der Waals surface area contributed by atoms with Crippen LogP contribution >= 0.6 is 0 Å². The summed E-state index contributed by atoms with van der Waals surface area (Å²) < 4.78 is 0. The molecule has 1 fully saturated rings. The second kappa shape index (κ2) is 5.57. The Morgan fingerprint density at radius 2 is 2.06 bits per heavy atom. The molecular weight excluding hydrogens is 214 g/mol. The molecule has 4 nitrogen and oxygen atoms in total. The maximum atomic E-state index is 11.8. The molecule has 0 aliphatic carbocycles. The van der Waals surface area contributed by atoms with Gasteiger partial charge in [-0.3, -0.25) is 0 Å². The first-order valence-electron chi connectivity index (χ1n) is 6.13. The molecular formula is C13H19N3O. The van der Waals surface area contributed by atoms with E-state index >= 15 is 0 Å². The van der Waals surface area contributed by atoms with Crippen molar-refractivity contribution in [3.8, 4) is 0 Å². The summed E-state index contributed by atoms with van der Waals surface area (Å²) in [6, 6.07) is 7.63. The minimum atomic E-state index is 0.0344. The van der Waals surface area contributed by atoms with E-state index in [0.29, 0.717) is 6.54 Å². The van der Waals surface area contributed by atoms with Crippen LogP contribution in [0.1, 0.15) is 24.8 Å². The van der Waals surface area contributed by atoms with Gasteiger partial charge < -0.3 is 16.0 Å². The molecule has 1 aliphatic heterocycles. The number of nitrogens with zero attached hydrogens (tertiary/aromatic N) is 1. The van der Waals surface area contributed by atoms with E-state index in [0.717, 1.165) is 37.2 Å². The van der Waals surface area contributed by atoms with E-state index in [1.54, 1.807) is 0 Å². The summed E-state index contributed by atoms with van der Waals surface area (Å²) in [5, 5.41) is 2.93. The predicted molar refractivity (Wildman–Crippen MR) is 68.5 cm³/mol. The van der Waals surface area contributed by atoms with Gasteiger partial charge >= 0.3 is 6.03 Å². The Bertz CT molecular complexity index is 386. The van der Waals surface area contributed by atoms with Gasteiger partial charge in [0, 0.05) is 25.3 Å². The molecule has 0 aromatic heterocycles. The molecule has 1 heterocycles. The number of nitrogens with two attached hydrogens (primary N) is 1. The lowest BCUT2D eigenvalue weighted by molar-refractivity contribution is 0.186. The van der Waals surface area contributed by atoms with Gasteiger partial charge in [0.2, 0.25) is 0 Å². The largest absolute Gasteiger partial charge is 0.399 e. The molecule has 1 aromatic carbocycles. The maximum Gasteiger partial charge on any atom is 0.317 e. The summed E-state index contributed by atoms with van der Waals surface area (Å²) in [7, 11) is 0. The topological polar surface area (TPSA) is 58.4 Å². The van der Waals surface area contributed by atoms with Crippen molar-refractivity contribution in [3.05, 3.63) is 29.8 Å². The van der Waals surface area contributed by atoms with Crippen LogP contribution in [0.4, 0.5) is 10.5 Å². The van der Waals surface area contributed by atoms with Gasteiger partial charge in [-0.2, -0.15) is 0 Å². The van der Waals surface area contributed by atoms with Gasteiger partial charge in [-0.25, -0.2) is 4.79 Å². The highest BCUT2D eigenvalue weighted by Crippen LogP contribution is 2.09. The molecule has 1 aliphatic rings. The Morgan fingerprint density at radius 1 is 1.29 bits per heavy atom. The lowest BCUT2D eigenvalue weighted by Gasteiger charge is -2.26. The van der Waals surface area contributed by atoms with E-state index in [2.05, 4.69) is 5.32 Å². The smallest absolute Gasteiger partial charge is 0.317 e. The second-order valence-corrected chi connectivity index (χ2v) is 4.45. The molecule has 0 atom stereocenters. The van der Waals surface area contributed by atoms with Crippen LogP contribution in [0, 0.1) is 0 Å². The molecule has 0 saturated carbocycles. The van der Waals surface area contributed by atoms with Gasteiger partial charge in [0.05, 0.1) is 0 Å². The number of anilines is 1. The predicted octanol–water partition coefficient (Wildman–Crippen LogP) is 1.96. The zero-order valence-electron chi connectivity index (χ0n) is 9.98. The number of benzene rings is 1. The lowest BCUT2D eigenvalue weighted by atomic mass is 10.1. The molecule has 0 unspecified atom stereocenters. The van der Waals surface area contributed by atoms with Crippen LogP contribution in [0.25, 0.3) is 0 Å². The number of carbonyl (C=O) groups excluding carboxylic acids is 1. The van der Waals surface area contributed by atoms with Crippen molar-refractivity contribution in [2.24, 2.45) is 0 Å². The highest BCUT2D eigenvalue weighted by molar-refractivity contribution is 5.74. The number of amides is 2. The molecule has 3 N–H and O–H groups in total. The third kappa shape index (κ3) is 3.37. The zero-order chi connectivity index (χ0) is 12.1. The van der Waals surface area contributed by atoms with Gasteiger partial charge in [-0.05, 0) is 37.0 Å². The molecule has 1 saturated heterocycles. The summed E-state index contributed by atoms with van der Waals surface area (Å²) >= 11 is 0. The van der Waals surface area contributed by atoms with E-state index in [4.69, 9.17) is 5.73 Å². The first kappa shape index (κ1) is 11.8. The van der Waals surface area contributed by atoms with Crippen molar-refractivity contribution >= 4 is 11.7 Å². The zero-order valence-corrected chi connectivity index (χ0v) is 9.98. The Hall–Kier alpha value is -1.71. The third-order valence-corrected chi connectivity index (χ3v) is 3.04. The van der Waals surface area contributed by atoms with Crippen molar-refractivity contribution in [3.63, 3.8) is 0 Å². The SMILES string of the molecule is Nc1cccc(CNC(=O)N2CCCCC2)c1. The standard InChI is InChI=1S/C13H19N3O/c14-12-6-4-5-11(9-12)10-15-13(17)16-7-2-1-3-8-16/h4-6,9H,1-3,7-8,10,14H2,(H,15,17). The Morgan fingerprint density at radius 3 is 2.76 bits per heavy atom.